The highest BCUT2D eigenvalue weighted by Gasteiger charge is 2.31. The maximum atomic E-state index is 12.8. The second-order valence-electron chi connectivity index (χ2n) is 5.33. The highest BCUT2D eigenvalue weighted by atomic mass is 32.2. The fourth-order valence-corrected chi connectivity index (χ4v) is 4.12. The van der Waals surface area contributed by atoms with Crippen LogP contribution in [0.1, 0.15) is 18.4 Å². The van der Waals surface area contributed by atoms with E-state index in [0.29, 0.717) is 44.5 Å². The quantitative estimate of drug-likeness (QED) is 0.813. The fraction of sp³-hybridized carbons (Fsp3) is 0.400. The van der Waals surface area contributed by atoms with Gasteiger partial charge in [0.1, 0.15) is 6.07 Å². The van der Waals surface area contributed by atoms with E-state index in [1.807, 2.05) is 17.9 Å². The molecular weight excluding hydrogens is 330 g/mol. The summed E-state index contributed by atoms with van der Waals surface area (Å²) < 4.78 is 32.4. The molecule has 2 aromatic rings. The smallest absolute Gasteiger partial charge is 0.318 e. The first-order valence-corrected chi connectivity index (χ1v) is 9.07. The molecule has 0 unspecified atom stereocenters. The molecule has 0 saturated carbocycles. The van der Waals surface area contributed by atoms with Gasteiger partial charge in [-0.05, 0) is 12.1 Å². The molecule has 0 bridgehead atoms. The molecule has 1 saturated heterocycles. The monoisotopic (exact) mass is 347 g/mol. The number of anilines is 1. The number of aryl methyl sites for hydroxylation is 1. The Morgan fingerprint density at radius 3 is 2.54 bits per heavy atom. The standard InChI is InChI=1S/C15H17N5O3S/c1-2-14-17-18-15(23-14)19-7-9-20(10-8-19)24(21,22)13-6-4-3-5-12(13)11-16/h3-6H,2,7-10H2,1H3. The van der Waals surface area contributed by atoms with Gasteiger partial charge in [-0.15, -0.1) is 5.10 Å². The van der Waals surface area contributed by atoms with Crippen molar-refractivity contribution in [2.45, 2.75) is 18.2 Å². The van der Waals surface area contributed by atoms with E-state index in [1.165, 1.54) is 16.4 Å². The first-order valence-electron chi connectivity index (χ1n) is 7.63. The largest absolute Gasteiger partial charge is 0.408 e. The zero-order valence-corrected chi connectivity index (χ0v) is 14.0. The van der Waals surface area contributed by atoms with Crippen LogP contribution < -0.4 is 4.90 Å². The van der Waals surface area contributed by atoms with Crippen molar-refractivity contribution in [2.75, 3.05) is 31.1 Å². The molecule has 1 aliphatic rings. The Balaban J connectivity index is 1.75. The Morgan fingerprint density at radius 1 is 1.21 bits per heavy atom. The van der Waals surface area contributed by atoms with Crippen LogP contribution in [0.3, 0.4) is 0 Å². The van der Waals surface area contributed by atoms with Crippen LogP contribution in [-0.4, -0.2) is 49.1 Å². The van der Waals surface area contributed by atoms with Crippen molar-refractivity contribution < 1.29 is 12.8 Å². The molecule has 9 heteroatoms. The van der Waals surface area contributed by atoms with E-state index in [0.717, 1.165) is 0 Å². The molecule has 1 aromatic heterocycles. The predicted molar refractivity (Wildman–Crippen MR) is 85.8 cm³/mol. The first kappa shape index (κ1) is 16.4. The van der Waals surface area contributed by atoms with E-state index >= 15 is 0 Å². The molecule has 1 aliphatic heterocycles. The van der Waals surface area contributed by atoms with E-state index in [-0.39, 0.29) is 10.5 Å². The van der Waals surface area contributed by atoms with E-state index in [9.17, 15) is 8.42 Å². The van der Waals surface area contributed by atoms with E-state index < -0.39 is 10.0 Å². The number of benzene rings is 1. The predicted octanol–water partition coefficient (Wildman–Crippen LogP) is 1.01. The third kappa shape index (κ3) is 2.98. The lowest BCUT2D eigenvalue weighted by molar-refractivity contribution is 0.369. The lowest BCUT2D eigenvalue weighted by Gasteiger charge is -2.32. The van der Waals surface area contributed by atoms with Gasteiger partial charge in [-0.1, -0.05) is 24.2 Å². The summed E-state index contributed by atoms with van der Waals surface area (Å²) in [5.74, 6) is 0.558. The number of piperazine rings is 1. The molecule has 2 heterocycles. The van der Waals surface area contributed by atoms with Crippen LogP contribution in [0.5, 0.6) is 0 Å². The second kappa shape index (κ2) is 6.59. The Kier molecular flexibility index (Phi) is 4.51. The van der Waals surface area contributed by atoms with Crippen molar-refractivity contribution >= 4 is 16.0 Å². The summed E-state index contributed by atoms with van der Waals surface area (Å²) in [6.45, 7) is 3.44. The summed E-state index contributed by atoms with van der Waals surface area (Å²) in [5.41, 5.74) is 0.157. The van der Waals surface area contributed by atoms with E-state index in [2.05, 4.69) is 10.2 Å². The lowest BCUT2D eigenvalue weighted by Crippen LogP contribution is -2.48. The summed E-state index contributed by atoms with van der Waals surface area (Å²) in [7, 11) is -3.69. The van der Waals surface area contributed by atoms with Gasteiger partial charge in [0.05, 0.1) is 10.5 Å². The fourth-order valence-electron chi connectivity index (χ4n) is 2.56. The number of nitriles is 1. The highest BCUT2D eigenvalue weighted by Crippen LogP contribution is 2.22. The molecule has 126 valence electrons. The number of nitrogens with zero attached hydrogens (tertiary/aromatic N) is 5. The molecule has 0 aliphatic carbocycles. The molecule has 24 heavy (non-hydrogen) atoms. The Morgan fingerprint density at radius 2 is 1.92 bits per heavy atom. The van der Waals surface area contributed by atoms with Gasteiger partial charge in [0, 0.05) is 32.6 Å². The number of aromatic nitrogens is 2. The van der Waals surface area contributed by atoms with Gasteiger partial charge >= 0.3 is 6.01 Å². The molecule has 1 aromatic carbocycles. The van der Waals surface area contributed by atoms with Crippen LogP contribution in [0.2, 0.25) is 0 Å². The van der Waals surface area contributed by atoms with Gasteiger partial charge in [0.2, 0.25) is 15.9 Å². The molecule has 8 nitrogen and oxygen atoms in total. The lowest BCUT2D eigenvalue weighted by atomic mass is 10.2. The minimum atomic E-state index is -3.69. The van der Waals surface area contributed by atoms with Crippen molar-refractivity contribution in [3.63, 3.8) is 0 Å². The van der Waals surface area contributed by atoms with Gasteiger partial charge < -0.3 is 9.32 Å². The first-order chi connectivity index (χ1) is 11.6. The average molecular weight is 347 g/mol. The van der Waals surface area contributed by atoms with Gasteiger partial charge in [-0.2, -0.15) is 9.57 Å². The van der Waals surface area contributed by atoms with Gasteiger partial charge in [-0.3, -0.25) is 0 Å². The van der Waals surface area contributed by atoms with Crippen molar-refractivity contribution in [1.29, 1.82) is 5.26 Å². The number of sulfonamides is 1. The SMILES string of the molecule is CCc1nnc(N2CCN(S(=O)(=O)c3ccccc3C#N)CC2)o1. The third-order valence-corrected chi connectivity index (χ3v) is 5.85. The van der Waals surface area contributed by atoms with Crippen LogP contribution in [-0.2, 0) is 16.4 Å². The van der Waals surface area contributed by atoms with Crippen molar-refractivity contribution in [3.8, 4) is 6.07 Å². The maximum Gasteiger partial charge on any atom is 0.318 e. The second-order valence-corrected chi connectivity index (χ2v) is 7.24. The zero-order chi connectivity index (χ0) is 17.2. The molecule has 0 N–H and O–H groups in total. The van der Waals surface area contributed by atoms with Crippen LogP contribution in [0.4, 0.5) is 6.01 Å². The number of rotatable bonds is 4. The summed E-state index contributed by atoms with van der Waals surface area (Å²) in [5, 5.41) is 17.0. The summed E-state index contributed by atoms with van der Waals surface area (Å²) in [4.78, 5) is 1.92. The molecule has 0 atom stereocenters. The molecule has 0 radical (unpaired) electrons. The van der Waals surface area contributed by atoms with Crippen molar-refractivity contribution in [3.05, 3.63) is 35.7 Å². The minimum Gasteiger partial charge on any atom is -0.408 e. The molecular formula is C15H17N5O3S. The topological polar surface area (TPSA) is 103 Å². The normalized spacial score (nSPS) is 16.1. The maximum absolute atomic E-state index is 12.8. The van der Waals surface area contributed by atoms with Gasteiger partial charge in [0.15, 0.2) is 0 Å². The Labute approximate surface area is 140 Å². The van der Waals surface area contributed by atoms with Gasteiger partial charge in [-0.25, -0.2) is 8.42 Å². The summed E-state index contributed by atoms with van der Waals surface area (Å²) in [6, 6.07) is 8.59. The third-order valence-electron chi connectivity index (χ3n) is 3.89. The van der Waals surface area contributed by atoms with E-state index in [4.69, 9.17) is 9.68 Å². The zero-order valence-electron chi connectivity index (χ0n) is 13.2. The molecule has 3 rings (SSSR count). The van der Waals surface area contributed by atoms with Crippen LogP contribution >= 0.6 is 0 Å². The van der Waals surface area contributed by atoms with Gasteiger partial charge in [0.25, 0.3) is 0 Å². The molecule has 0 amide bonds. The molecule has 1 fully saturated rings. The number of hydrogen-bond donors (Lipinski definition) is 0. The average Bonchev–Trinajstić information content (AvgIpc) is 3.11. The van der Waals surface area contributed by atoms with Crippen molar-refractivity contribution in [2.24, 2.45) is 0 Å². The van der Waals surface area contributed by atoms with E-state index in [1.54, 1.807) is 12.1 Å². The number of hydrogen-bond acceptors (Lipinski definition) is 7. The Bertz CT molecular complexity index is 863. The van der Waals surface area contributed by atoms with Crippen LogP contribution in [0.25, 0.3) is 0 Å². The van der Waals surface area contributed by atoms with Crippen molar-refractivity contribution in [1.82, 2.24) is 14.5 Å². The van der Waals surface area contributed by atoms with Crippen LogP contribution in [0, 0.1) is 11.3 Å². The summed E-state index contributed by atoms with van der Waals surface area (Å²) in [6.07, 6.45) is 0.659. The summed E-state index contributed by atoms with van der Waals surface area (Å²) >= 11 is 0. The molecule has 0 spiro atoms. The highest BCUT2D eigenvalue weighted by molar-refractivity contribution is 7.89. The Hall–Kier alpha value is -2.44. The van der Waals surface area contributed by atoms with Crippen LogP contribution in [0.15, 0.2) is 33.6 Å². The minimum absolute atomic E-state index is 0.0482.